The molecule has 0 atom stereocenters. The Morgan fingerprint density at radius 1 is 1.36 bits per heavy atom. The van der Waals surface area contributed by atoms with Crippen molar-refractivity contribution in [3.8, 4) is 0 Å². The molecule has 1 fully saturated rings. The number of rotatable bonds is 5. The number of halogens is 1. The number of hydrogen-bond acceptors (Lipinski definition) is 5. The van der Waals surface area contributed by atoms with Crippen molar-refractivity contribution in [2.75, 3.05) is 44.2 Å². The van der Waals surface area contributed by atoms with Gasteiger partial charge in [-0.25, -0.2) is 0 Å². The second-order valence-electron chi connectivity index (χ2n) is 5.11. The second-order valence-corrected chi connectivity index (χ2v) is 5.52. The average Bonchev–Trinajstić information content (AvgIpc) is 2.48. The topological polar surface area (TPSA) is 78.7 Å². The molecule has 1 aromatic rings. The Kier molecular flexibility index (Phi) is 5.57. The highest BCUT2D eigenvalue weighted by Crippen LogP contribution is 2.30. The van der Waals surface area contributed by atoms with Gasteiger partial charge in [-0.3, -0.25) is 19.8 Å². The molecule has 120 valence electrons. The molecule has 22 heavy (non-hydrogen) atoms. The minimum absolute atomic E-state index is 0.0105. The predicted octanol–water partition coefficient (Wildman–Crippen LogP) is 1.51. The van der Waals surface area contributed by atoms with Gasteiger partial charge in [0, 0.05) is 44.9 Å². The maximum absolute atomic E-state index is 11.6. The number of non-ortho nitro benzene ring substituents is 1. The van der Waals surface area contributed by atoms with Crippen LogP contribution in [-0.2, 0) is 4.79 Å². The van der Waals surface area contributed by atoms with Crippen LogP contribution < -0.4 is 10.2 Å². The number of nitrogens with one attached hydrogen (secondary N) is 1. The number of anilines is 1. The fourth-order valence-electron chi connectivity index (χ4n) is 2.47. The Bertz CT molecular complexity index is 559. The van der Waals surface area contributed by atoms with Crippen molar-refractivity contribution in [2.24, 2.45) is 0 Å². The summed E-state index contributed by atoms with van der Waals surface area (Å²) in [5.74, 6) is 0.0318. The molecule has 1 aliphatic rings. The third-order valence-corrected chi connectivity index (χ3v) is 3.90. The SMILES string of the molecule is CCNC(=O)CN1CCN(c2ccc([N+](=O)[O-])cc2Cl)CC1. The van der Waals surface area contributed by atoms with Gasteiger partial charge in [0.25, 0.3) is 5.69 Å². The lowest BCUT2D eigenvalue weighted by molar-refractivity contribution is -0.384. The molecule has 0 aliphatic carbocycles. The molecule has 2 rings (SSSR count). The Morgan fingerprint density at radius 2 is 2.05 bits per heavy atom. The summed E-state index contributed by atoms with van der Waals surface area (Å²) in [5.41, 5.74) is 0.786. The molecule has 0 spiro atoms. The maximum Gasteiger partial charge on any atom is 0.271 e. The summed E-state index contributed by atoms with van der Waals surface area (Å²) in [7, 11) is 0. The summed E-state index contributed by atoms with van der Waals surface area (Å²) in [6.07, 6.45) is 0. The van der Waals surface area contributed by atoms with Crippen molar-refractivity contribution >= 4 is 28.9 Å². The number of piperazine rings is 1. The number of carbonyl (C=O) groups excluding carboxylic acids is 1. The van der Waals surface area contributed by atoms with Gasteiger partial charge in [-0.1, -0.05) is 11.6 Å². The van der Waals surface area contributed by atoms with Crippen LogP contribution in [0.25, 0.3) is 0 Å². The third kappa shape index (κ3) is 4.08. The van der Waals surface area contributed by atoms with Crippen LogP contribution >= 0.6 is 11.6 Å². The van der Waals surface area contributed by atoms with Gasteiger partial charge in [0.05, 0.1) is 22.2 Å². The van der Waals surface area contributed by atoms with Crippen molar-refractivity contribution in [3.05, 3.63) is 33.3 Å². The van der Waals surface area contributed by atoms with Gasteiger partial charge in [-0.05, 0) is 13.0 Å². The highest BCUT2D eigenvalue weighted by atomic mass is 35.5. The molecule has 1 saturated heterocycles. The molecule has 1 aromatic carbocycles. The number of amides is 1. The van der Waals surface area contributed by atoms with Crippen LogP contribution in [0.5, 0.6) is 0 Å². The van der Waals surface area contributed by atoms with Crippen molar-refractivity contribution < 1.29 is 9.72 Å². The first-order chi connectivity index (χ1) is 10.5. The van der Waals surface area contributed by atoms with Crippen molar-refractivity contribution in [3.63, 3.8) is 0 Å². The molecule has 7 nitrogen and oxygen atoms in total. The van der Waals surface area contributed by atoms with Crippen molar-refractivity contribution in [2.45, 2.75) is 6.92 Å². The summed E-state index contributed by atoms with van der Waals surface area (Å²) >= 11 is 6.14. The molecule has 0 radical (unpaired) electrons. The van der Waals surface area contributed by atoms with Crippen molar-refractivity contribution in [1.82, 2.24) is 10.2 Å². The monoisotopic (exact) mass is 326 g/mol. The Hall–Kier alpha value is -1.86. The standard InChI is InChI=1S/C14H19ClN4O3/c1-2-16-14(20)10-17-5-7-18(8-6-17)13-4-3-11(19(21)22)9-12(13)15/h3-4,9H,2,5-8,10H2,1H3,(H,16,20). The molecule has 0 bridgehead atoms. The smallest absolute Gasteiger partial charge is 0.271 e. The van der Waals surface area contributed by atoms with Gasteiger partial charge in [-0.2, -0.15) is 0 Å². The molecule has 1 aliphatic heterocycles. The number of likely N-dealkylation sites (N-methyl/N-ethyl adjacent to an activating group) is 1. The van der Waals surface area contributed by atoms with Gasteiger partial charge in [0.15, 0.2) is 0 Å². The molecular weight excluding hydrogens is 308 g/mol. The summed E-state index contributed by atoms with van der Waals surface area (Å²) < 4.78 is 0. The van der Waals surface area contributed by atoms with E-state index in [1.54, 1.807) is 6.07 Å². The molecule has 8 heteroatoms. The third-order valence-electron chi connectivity index (χ3n) is 3.60. The predicted molar refractivity (Wildman–Crippen MR) is 85.4 cm³/mol. The van der Waals surface area contributed by atoms with Crippen LogP contribution in [0.1, 0.15) is 6.92 Å². The molecule has 0 unspecified atom stereocenters. The van der Waals surface area contributed by atoms with E-state index in [4.69, 9.17) is 11.6 Å². The van der Waals surface area contributed by atoms with E-state index >= 15 is 0 Å². The zero-order chi connectivity index (χ0) is 16.1. The average molecular weight is 327 g/mol. The lowest BCUT2D eigenvalue weighted by Gasteiger charge is -2.36. The fraction of sp³-hybridized carbons (Fsp3) is 0.500. The minimum Gasteiger partial charge on any atom is -0.368 e. The van der Waals surface area contributed by atoms with E-state index in [2.05, 4.69) is 15.1 Å². The summed E-state index contributed by atoms with van der Waals surface area (Å²) in [4.78, 5) is 26.0. The van der Waals surface area contributed by atoms with E-state index in [1.165, 1.54) is 12.1 Å². The lowest BCUT2D eigenvalue weighted by atomic mass is 10.2. The normalized spacial score (nSPS) is 15.6. The van der Waals surface area contributed by atoms with Crippen molar-refractivity contribution in [1.29, 1.82) is 0 Å². The number of nitro benzene ring substituents is 1. The van der Waals surface area contributed by atoms with Crippen LogP contribution in [0, 0.1) is 10.1 Å². The number of hydrogen-bond donors (Lipinski definition) is 1. The largest absolute Gasteiger partial charge is 0.368 e. The number of nitrogens with zero attached hydrogens (tertiary/aromatic N) is 3. The first-order valence-corrected chi connectivity index (χ1v) is 7.57. The lowest BCUT2D eigenvalue weighted by Crippen LogP contribution is -2.49. The quantitative estimate of drug-likeness (QED) is 0.655. The summed E-state index contributed by atoms with van der Waals surface area (Å²) in [5, 5.41) is 13.9. The summed E-state index contributed by atoms with van der Waals surface area (Å²) in [6, 6.07) is 4.51. The second kappa shape index (κ2) is 7.42. The molecule has 1 N–H and O–H groups in total. The number of nitro groups is 1. The van der Waals surface area contributed by atoms with Crippen LogP contribution in [0.15, 0.2) is 18.2 Å². The molecular formula is C14H19ClN4O3. The van der Waals surface area contributed by atoms with E-state index < -0.39 is 4.92 Å². The highest BCUT2D eigenvalue weighted by molar-refractivity contribution is 6.33. The van der Waals surface area contributed by atoms with Gasteiger partial charge in [-0.15, -0.1) is 0 Å². The molecule has 0 saturated carbocycles. The van der Waals surface area contributed by atoms with Gasteiger partial charge < -0.3 is 10.2 Å². The Morgan fingerprint density at radius 3 is 2.59 bits per heavy atom. The van der Waals surface area contributed by atoms with E-state index in [9.17, 15) is 14.9 Å². The molecule has 0 aromatic heterocycles. The van der Waals surface area contributed by atoms with Gasteiger partial charge in [0.1, 0.15) is 0 Å². The van der Waals surface area contributed by atoms with Crippen LogP contribution in [0.4, 0.5) is 11.4 Å². The van der Waals surface area contributed by atoms with E-state index in [1.807, 2.05) is 6.92 Å². The summed E-state index contributed by atoms with van der Waals surface area (Å²) in [6.45, 7) is 5.90. The van der Waals surface area contributed by atoms with Gasteiger partial charge in [0.2, 0.25) is 5.91 Å². The Balaban J connectivity index is 1.94. The van der Waals surface area contributed by atoms with E-state index in [0.717, 1.165) is 31.9 Å². The van der Waals surface area contributed by atoms with Gasteiger partial charge >= 0.3 is 0 Å². The number of benzene rings is 1. The van der Waals surface area contributed by atoms with E-state index in [-0.39, 0.29) is 11.6 Å². The number of carbonyl (C=O) groups is 1. The molecule has 1 heterocycles. The van der Waals surface area contributed by atoms with Crippen LogP contribution in [0.3, 0.4) is 0 Å². The molecule has 1 amide bonds. The first-order valence-electron chi connectivity index (χ1n) is 7.19. The zero-order valence-electron chi connectivity index (χ0n) is 12.4. The fourth-order valence-corrected chi connectivity index (χ4v) is 2.76. The van der Waals surface area contributed by atoms with Crippen LogP contribution in [0.2, 0.25) is 5.02 Å². The van der Waals surface area contributed by atoms with E-state index in [0.29, 0.717) is 18.1 Å². The Labute approximate surface area is 134 Å². The maximum atomic E-state index is 11.6. The zero-order valence-corrected chi connectivity index (χ0v) is 13.2. The highest BCUT2D eigenvalue weighted by Gasteiger charge is 2.21. The first kappa shape index (κ1) is 16.5. The van der Waals surface area contributed by atoms with Crippen LogP contribution in [-0.4, -0.2) is 55.0 Å². The minimum atomic E-state index is -0.458.